The lowest BCUT2D eigenvalue weighted by Crippen LogP contribution is -2.69. The second-order valence-corrected chi connectivity index (χ2v) is 18.2. The van der Waals surface area contributed by atoms with E-state index in [1.807, 2.05) is 42.5 Å². The van der Waals surface area contributed by atoms with E-state index in [4.69, 9.17) is 0 Å². The van der Waals surface area contributed by atoms with Gasteiger partial charge in [0.25, 0.3) is 0 Å². The van der Waals surface area contributed by atoms with Gasteiger partial charge in [-0.3, -0.25) is 0 Å². The summed E-state index contributed by atoms with van der Waals surface area (Å²) in [6.45, 7) is 2.37. The minimum Gasteiger partial charge on any atom is -0.355 e. The Bertz CT molecular complexity index is 2780. The van der Waals surface area contributed by atoms with E-state index < -0.39 is 8.07 Å². The molecule has 0 bridgehead atoms. The minimum absolute atomic E-state index is 0.261. The zero-order valence-corrected chi connectivity index (χ0v) is 32.0. The summed E-state index contributed by atoms with van der Waals surface area (Å²) < 4.78 is 2.29. The van der Waals surface area contributed by atoms with Crippen LogP contribution in [-0.4, -0.2) is 12.6 Å². The fraction of sp³-hybridized carbons (Fsp3) is 0.0588. The molecule has 1 atom stereocenters. The molecule has 0 amide bonds. The minimum atomic E-state index is -3.07. The standard InChI is InChI=1S/C51H38N4Si/c1-36-15-13-26-50(51(36)44-24-11-12-25-47(44)54-39-16-5-2-6-17-39)56(41-19-7-3-8-20-41,42-21-9-4-10-22-42)43-23-14-18-40(33-43)55-48-29-27-37(34-52)31-45(48)46-32-38(35-53)28-30-49(46)55/h2-14,16-33,36,54H,15H2,1H3/t36-/m0/s1. The van der Waals surface area contributed by atoms with Crippen LogP contribution in [0.1, 0.15) is 30.0 Å². The lowest BCUT2D eigenvalue weighted by Gasteiger charge is -2.39. The van der Waals surface area contributed by atoms with Crippen molar-refractivity contribution in [1.29, 1.82) is 10.5 Å². The molecule has 56 heavy (non-hydrogen) atoms. The van der Waals surface area contributed by atoms with E-state index >= 15 is 0 Å². The molecule has 1 N–H and O–H groups in total. The Hall–Kier alpha value is -7.18. The summed E-state index contributed by atoms with van der Waals surface area (Å²) in [5, 5.41) is 30.6. The number of allylic oxidation sites excluding steroid dienone is 4. The van der Waals surface area contributed by atoms with Crippen molar-refractivity contribution in [3.63, 3.8) is 0 Å². The predicted octanol–water partition coefficient (Wildman–Crippen LogP) is 10.3. The monoisotopic (exact) mass is 734 g/mol. The zero-order chi connectivity index (χ0) is 38.1. The molecule has 1 aliphatic rings. The zero-order valence-electron chi connectivity index (χ0n) is 31.0. The maximum absolute atomic E-state index is 9.85. The number of hydrogen-bond acceptors (Lipinski definition) is 3. The summed E-state index contributed by atoms with van der Waals surface area (Å²) in [5.74, 6) is 0.261. The maximum Gasteiger partial charge on any atom is 0.180 e. The molecule has 9 rings (SSSR count). The van der Waals surface area contributed by atoms with Crippen LogP contribution in [-0.2, 0) is 0 Å². The first-order valence-electron chi connectivity index (χ1n) is 19.0. The molecule has 5 heteroatoms. The van der Waals surface area contributed by atoms with Gasteiger partial charge >= 0.3 is 0 Å². The number of nitrogens with one attached hydrogen (secondary N) is 1. The van der Waals surface area contributed by atoms with E-state index in [0.29, 0.717) is 11.1 Å². The second-order valence-electron chi connectivity index (χ2n) is 14.5. The highest BCUT2D eigenvalue weighted by Crippen LogP contribution is 2.41. The van der Waals surface area contributed by atoms with Gasteiger partial charge < -0.3 is 9.88 Å². The summed E-state index contributed by atoms with van der Waals surface area (Å²) >= 11 is 0. The lowest BCUT2D eigenvalue weighted by molar-refractivity contribution is 0.756. The molecule has 8 aromatic rings. The Morgan fingerprint density at radius 1 is 0.589 bits per heavy atom. The number of nitriles is 2. The molecule has 0 saturated heterocycles. The van der Waals surface area contributed by atoms with Gasteiger partial charge in [-0.05, 0) is 105 Å². The van der Waals surface area contributed by atoms with Crippen LogP contribution < -0.4 is 20.9 Å². The highest BCUT2D eigenvalue weighted by atomic mass is 28.3. The fourth-order valence-corrected chi connectivity index (χ4v) is 13.9. The van der Waals surface area contributed by atoms with Crippen LogP contribution in [0.3, 0.4) is 0 Å². The summed E-state index contributed by atoms with van der Waals surface area (Å²) in [6.07, 6.45) is 5.75. The van der Waals surface area contributed by atoms with Crippen molar-refractivity contribution < 1.29 is 0 Å². The van der Waals surface area contributed by atoms with Gasteiger partial charge in [0.05, 0.1) is 34.3 Å². The van der Waals surface area contributed by atoms with Crippen molar-refractivity contribution in [2.45, 2.75) is 13.3 Å². The van der Waals surface area contributed by atoms with Gasteiger partial charge in [-0.25, -0.2) is 0 Å². The predicted molar refractivity (Wildman–Crippen MR) is 234 cm³/mol. The number of nitrogens with zero attached hydrogens (tertiary/aromatic N) is 3. The SMILES string of the molecule is C[C@H]1CC=CC([Si](c2ccccc2)(c2ccccc2)c2cccc(-n3c4ccc(C#N)cc4c4cc(C#N)ccc43)c2)=C1c1ccccc1Nc1ccccc1. The number of hydrogen-bond donors (Lipinski definition) is 1. The molecular formula is C51H38N4Si. The molecular weight excluding hydrogens is 697 g/mol. The van der Waals surface area contributed by atoms with Gasteiger partial charge in [0.2, 0.25) is 0 Å². The smallest absolute Gasteiger partial charge is 0.180 e. The number of benzene rings is 7. The van der Waals surface area contributed by atoms with Crippen LogP contribution in [0, 0.1) is 28.6 Å². The average molecular weight is 735 g/mol. The number of rotatable bonds is 8. The van der Waals surface area contributed by atoms with E-state index in [9.17, 15) is 10.5 Å². The number of fused-ring (bicyclic) bond motifs is 3. The van der Waals surface area contributed by atoms with Crippen LogP contribution in [0.5, 0.6) is 0 Å². The topological polar surface area (TPSA) is 64.5 Å². The van der Waals surface area contributed by atoms with Crippen LogP contribution >= 0.6 is 0 Å². The molecule has 0 spiro atoms. The number of aromatic nitrogens is 1. The Balaban J connectivity index is 1.37. The van der Waals surface area contributed by atoms with E-state index in [0.717, 1.165) is 45.3 Å². The maximum atomic E-state index is 9.85. The first-order valence-corrected chi connectivity index (χ1v) is 21.0. The van der Waals surface area contributed by atoms with Crippen molar-refractivity contribution in [2.75, 3.05) is 5.32 Å². The first-order chi connectivity index (χ1) is 27.6. The average Bonchev–Trinajstić information content (AvgIpc) is 3.58. The third-order valence-electron chi connectivity index (χ3n) is 11.2. The molecule has 1 heterocycles. The third kappa shape index (κ3) is 5.83. The summed E-state index contributed by atoms with van der Waals surface area (Å²) in [4.78, 5) is 0. The van der Waals surface area contributed by atoms with E-state index in [-0.39, 0.29) is 5.92 Å². The lowest BCUT2D eigenvalue weighted by atomic mass is 9.87. The molecule has 1 aromatic heterocycles. The fourth-order valence-electron chi connectivity index (χ4n) is 8.77. The van der Waals surface area contributed by atoms with E-state index in [1.54, 1.807) is 0 Å². The Kier molecular flexibility index (Phi) is 9.00. The molecule has 0 saturated carbocycles. The van der Waals surface area contributed by atoms with Crippen LogP contribution in [0.25, 0.3) is 33.1 Å². The molecule has 7 aromatic carbocycles. The largest absolute Gasteiger partial charge is 0.355 e. The Labute approximate surface area is 328 Å². The van der Waals surface area contributed by atoms with Gasteiger partial charge in [0, 0.05) is 33.4 Å². The quantitative estimate of drug-likeness (QED) is 0.125. The first kappa shape index (κ1) is 34.6. The van der Waals surface area contributed by atoms with Gasteiger partial charge in [-0.1, -0.05) is 128 Å². The van der Waals surface area contributed by atoms with Crippen LogP contribution in [0.15, 0.2) is 193 Å². The normalized spacial score (nSPS) is 14.1. The van der Waals surface area contributed by atoms with Crippen LogP contribution in [0.4, 0.5) is 11.4 Å². The van der Waals surface area contributed by atoms with Crippen molar-refractivity contribution in [3.05, 3.63) is 210 Å². The van der Waals surface area contributed by atoms with Crippen molar-refractivity contribution in [3.8, 4) is 17.8 Å². The molecule has 266 valence electrons. The van der Waals surface area contributed by atoms with Crippen molar-refractivity contribution in [2.24, 2.45) is 5.92 Å². The van der Waals surface area contributed by atoms with Gasteiger partial charge in [-0.15, -0.1) is 0 Å². The van der Waals surface area contributed by atoms with Gasteiger partial charge in [0.15, 0.2) is 8.07 Å². The highest BCUT2D eigenvalue weighted by Gasteiger charge is 2.45. The van der Waals surface area contributed by atoms with E-state index in [1.165, 1.54) is 31.9 Å². The highest BCUT2D eigenvalue weighted by molar-refractivity contribution is 7.17. The van der Waals surface area contributed by atoms with Gasteiger partial charge in [0.1, 0.15) is 0 Å². The van der Waals surface area contributed by atoms with Crippen LogP contribution in [0.2, 0.25) is 0 Å². The summed E-state index contributed by atoms with van der Waals surface area (Å²) in [6, 6.07) is 66.9. The number of anilines is 2. The van der Waals surface area contributed by atoms with E-state index in [2.05, 4.69) is 175 Å². The Morgan fingerprint density at radius 2 is 1.14 bits per heavy atom. The molecule has 0 radical (unpaired) electrons. The molecule has 0 fully saturated rings. The number of para-hydroxylation sites is 2. The Morgan fingerprint density at radius 3 is 1.75 bits per heavy atom. The molecule has 1 aliphatic carbocycles. The summed E-state index contributed by atoms with van der Waals surface area (Å²) in [5.41, 5.74) is 8.91. The second kappa shape index (κ2) is 14.6. The van der Waals surface area contributed by atoms with Gasteiger partial charge in [-0.2, -0.15) is 10.5 Å². The molecule has 4 nitrogen and oxygen atoms in total. The van der Waals surface area contributed by atoms with Crippen molar-refractivity contribution in [1.82, 2.24) is 4.57 Å². The van der Waals surface area contributed by atoms with Crippen molar-refractivity contribution >= 4 is 62.4 Å². The molecule has 0 unspecified atom stereocenters. The molecule has 0 aliphatic heterocycles. The third-order valence-corrected chi connectivity index (χ3v) is 16.0. The summed E-state index contributed by atoms with van der Waals surface area (Å²) in [7, 11) is -3.07.